The zero-order valence-electron chi connectivity index (χ0n) is 10.2. The minimum atomic E-state index is -1.17. The van der Waals surface area contributed by atoms with Gasteiger partial charge in [-0.25, -0.2) is 4.39 Å². The quantitative estimate of drug-likeness (QED) is 0.634. The Bertz CT molecular complexity index is 341. The molecule has 2 heteroatoms. The Kier molecular flexibility index (Phi) is 5.07. The molecule has 0 N–H and O–H groups in total. The van der Waals surface area contributed by atoms with E-state index in [9.17, 15) is 4.39 Å². The Balaban J connectivity index is 2.75. The number of thioether (sulfide) groups is 1. The van der Waals surface area contributed by atoms with Gasteiger partial charge in [-0.3, -0.25) is 0 Å². The molecule has 0 aliphatic heterocycles. The van der Waals surface area contributed by atoms with Crippen molar-refractivity contribution < 1.29 is 4.39 Å². The minimum Gasteiger partial charge on any atom is -0.239 e. The van der Waals surface area contributed by atoms with E-state index in [1.165, 1.54) is 0 Å². The zero-order chi connectivity index (χ0) is 12.0. The van der Waals surface area contributed by atoms with Crippen LogP contribution in [0.1, 0.15) is 33.6 Å². The topological polar surface area (TPSA) is 0 Å². The van der Waals surface area contributed by atoms with Crippen molar-refractivity contribution in [3.05, 3.63) is 41.3 Å². The van der Waals surface area contributed by atoms with Crippen molar-refractivity contribution in [2.24, 2.45) is 0 Å². The molecular weight excluding hydrogens is 219 g/mol. The third-order valence-electron chi connectivity index (χ3n) is 2.79. The van der Waals surface area contributed by atoms with Crippen molar-refractivity contribution in [2.45, 2.75) is 44.2 Å². The molecule has 1 unspecified atom stereocenters. The highest BCUT2D eigenvalue weighted by molar-refractivity contribution is 8.02. The molecule has 0 radical (unpaired) electrons. The number of halogens is 1. The van der Waals surface area contributed by atoms with Gasteiger partial charge in [0.25, 0.3) is 0 Å². The van der Waals surface area contributed by atoms with E-state index in [4.69, 9.17) is 0 Å². The zero-order valence-corrected chi connectivity index (χ0v) is 11.0. The molecule has 1 aromatic carbocycles. The summed E-state index contributed by atoms with van der Waals surface area (Å²) in [5.74, 6) is 0. The summed E-state index contributed by atoms with van der Waals surface area (Å²) in [6, 6.07) is 10.1. The highest BCUT2D eigenvalue weighted by atomic mass is 32.2. The lowest BCUT2D eigenvalue weighted by Crippen LogP contribution is -2.19. The molecule has 0 aliphatic carbocycles. The van der Waals surface area contributed by atoms with Crippen LogP contribution in [0.2, 0.25) is 0 Å². The Morgan fingerprint density at radius 3 is 2.44 bits per heavy atom. The van der Waals surface area contributed by atoms with E-state index in [0.717, 1.165) is 16.9 Å². The van der Waals surface area contributed by atoms with E-state index in [2.05, 4.69) is 0 Å². The number of hydrogen-bond acceptors (Lipinski definition) is 1. The van der Waals surface area contributed by atoms with Gasteiger partial charge in [-0.15, -0.1) is 0 Å². The Hall–Kier alpha value is -0.760. The SMILES string of the molecule is CCC(=CSc1ccccc1)C(C)(F)CC. The first-order valence-corrected chi connectivity index (χ1v) is 6.58. The van der Waals surface area contributed by atoms with Gasteiger partial charge in [0.05, 0.1) is 0 Å². The van der Waals surface area contributed by atoms with Gasteiger partial charge in [0.15, 0.2) is 0 Å². The molecule has 0 saturated heterocycles. The third-order valence-corrected chi connectivity index (χ3v) is 3.74. The molecule has 0 aliphatic rings. The van der Waals surface area contributed by atoms with E-state index >= 15 is 0 Å². The average molecular weight is 238 g/mol. The summed E-state index contributed by atoms with van der Waals surface area (Å²) in [6.07, 6.45) is 1.29. The number of alkyl halides is 1. The van der Waals surface area contributed by atoms with Crippen molar-refractivity contribution >= 4 is 11.8 Å². The minimum absolute atomic E-state index is 0.530. The van der Waals surface area contributed by atoms with Crippen LogP contribution in [0.3, 0.4) is 0 Å². The molecule has 1 aromatic rings. The second kappa shape index (κ2) is 6.09. The predicted molar refractivity (Wildman–Crippen MR) is 70.5 cm³/mol. The first-order valence-electron chi connectivity index (χ1n) is 5.70. The summed E-state index contributed by atoms with van der Waals surface area (Å²) in [7, 11) is 0. The summed E-state index contributed by atoms with van der Waals surface area (Å²) >= 11 is 1.59. The van der Waals surface area contributed by atoms with Crippen molar-refractivity contribution in [2.75, 3.05) is 0 Å². The number of rotatable bonds is 5. The molecule has 0 amide bonds. The van der Waals surface area contributed by atoms with Crippen LogP contribution in [0.25, 0.3) is 0 Å². The van der Waals surface area contributed by atoms with Crippen molar-refractivity contribution in [3.8, 4) is 0 Å². The number of hydrogen-bond donors (Lipinski definition) is 0. The van der Waals surface area contributed by atoms with Crippen LogP contribution in [-0.4, -0.2) is 5.67 Å². The van der Waals surface area contributed by atoms with Crippen molar-refractivity contribution in [1.82, 2.24) is 0 Å². The van der Waals surface area contributed by atoms with E-state index in [1.807, 2.05) is 49.6 Å². The lowest BCUT2D eigenvalue weighted by molar-refractivity contribution is 0.227. The number of allylic oxidation sites excluding steroid dienone is 1. The molecule has 88 valence electrons. The molecular formula is C14H19FS. The van der Waals surface area contributed by atoms with Crippen molar-refractivity contribution in [3.63, 3.8) is 0 Å². The van der Waals surface area contributed by atoms with Gasteiger partial charge >= 0.3 is 0 Å². The Morgan fingerprint density at radius 2 is 1.94 bits per heavy atom. The molecule has 16 heavy (non-hydrogen) atoms. The smallest absolute Gasteiger partial charge is 0.129 e. The number of benzene rings is 1. The van der Waals surface area contributed by atoms with E-state index < -0.39 is 5.67 Å². The van der Waals surface area contributed by atoms with Crippen LogP contribution in [-0.2, 0) is 0 Å². The first-order chi connectivity index (χ1) is 7.60. The maximum atomic E-state index is 14.1. The lowest BCUT2D eigenvalue weighted by atomic mass is 9.94. The molecule has 0 bridgehead atoms. The third kappa shape index (κ3) is 3.67. The van der Waals surface area contributed by atoms with Crippen LogP contribution in [0, 0.1) is 0 Å². The maximum absolute atomic E-state index is 14.1. The van der Waals surface area contributed by atoms with E-state index in [1.54, 1.807) is 18.7 Å². The van der Waals surface area contributed by atoms with Crippen LogP contribution < -0.4 is 0 Å². The Labute approximate surface area is 102 Å². The Morgan fingerprint density at radius 1 is 1.31 bits per heavy atom. The largest absolute Gasteiger partial charge is 0.239 e. The molecule has 0 saturated carbocycles. The fourth-order valence-corrected chi connectivity index (χ4v) is 2.45. The summed E-state index contributed by atoms with van der Waals surface area (Å²) in [5.41, 5.74) is -0.292. The van der Waals surface area contributed by atoms with E-state index in [-0.39, 0.29) is 0 Å². The van der Waals surface area contributed by atoms with Crippen LogP contribution in [0.4, 0.5) is 4.39 Å². The molecule has 0 fully saturated rings. The molecule has 1 atom stereocenters. The van der Waals surface area contributed by atoms with Crippen molar-refractivity contribution in [1.29, 1.82) is 0 Å². The normalized spacial score (nSPS) is 15.9. The van der Waals surface area contributed by atoms with Gasteiger partial charge in [-0.2, -0.15) is 0 Å². The predicted octanol–water partition coefficient (Wildman–Crippen LogP) is 5.21. The summed E-state index contributed by atoms with van der Waals surface area (Å²) in [6.45, 7) is 5.55. The van der Waals surface area contributed by atoms with Gasteiger partial charge in [0.2, 0.25) is 0 Å². The molecule has 1 rings (SSSR count). The highest BCUT2D eigenvalue weighted by Crippen LogP contribution is 2.31. The van der Waals surface area contributed by atoms with Crippen LogP contribution in [0.15, 0.2) is 46.2 Å². The van der Waals surface area contributed by atoms with Gasteiger partial charge in [-0.05, 0) is 42.9 Å². The fourth-order valence-electron chi connectivity index (χ4n) is 1.44. The highest BCUT2D eigenvalue weighted by Gasteiger charge is 2.24. The molecule has 0 aromatic heterocycles. The lowest BCUT2D eigenvalue weighted by Gasteiger charge is -2.21. The first kappa shape index (κ1) is 13.3. The van der Waals surface area contributed by atoms with Gasteiger partial charge in [0.1, 0.15) is 5.67 Å². The summed E-state index contributed by atoms with van der Waals surface area (Å²) in [4.78, 5) is 1.15. The van der Waals surface area contributed by atoms with Gasteiger partial charge in [0, 0.05) is 4.90 Å². The second-order valence-electron chi connectivity index (χ2n) is 3.98. The van der Waals surface area contributed by atoms with Crippen LogP contribution >= 0.6 is 11.8 Å². The maximum Gasteiger partial charge on any atom is 0.129 e. The molecule has 0 heterocycles. The summed E-state index contributed by atoms with van der Waals surface area (Å²) < 4.78 is 14.1. The monoisotopic (exact) mass is 238 g/mol. The molecule has 0 spiro atoms. The summed E-state index contributed by atoms with van der Waals surface area (Å²) in [5, 5.41) is 1.96. The van der Waals surface area contributed by atoms with Gasteiger partial charge in [-0.1, -0.05) is 43.8 Å². The standard InChI is InChI=1S/C14H19FS/c1-4-12(14(3,15)5-2)11-16-13-9-7-6-8-10-13/h6-11H,4-5H2,1-3H3. The van der Waals surface area contributed by atoms with Gasteiger partial charge < -0.3 is 0 Å². The fraction of sp³-hybridized carbons (Fsp3) is 0.429. The molecule has 0 nitrogen and oxygen atoms in total. The second-order valence-corrected chi connectivity index (χ2v) is 4.92. The van der Waals surface area contributed by atoms with E-state index in [0.29, 0.717) is 6.42 Å². The average Bonchev–Trinajstić information content (AvgIpc) is 2.31. The van der Waals surface area contributed by atoms with Crippen LogP contribution in [0.5, 0.6) is 0 Å².